The van der Waals surface area contributed by atoms with Crippen LogP contribution in [0.25, 0.3) is 0 Å². The fraction of sp³-hybridized carbons (Fsp3) is 0.385. The van der Waals surface area contributed by atoms with Gasteiger partial charge in [-0.1, -0.05) is 0 Å². The summed E-state index contributed by atoms with van der Waals surface area (Å²) in [5.41, 5.74) is 1.25. The summed E-state index contributed by atoms with van der Waals surface area (Å²) in [6.45, 7) is 4.04. The number of ether oxygens (including phenoxy) is 1. The number of anilines is 2. The number of rotatable bonds is 7. The van der Waals surface area contributed by atoms with Crippen molar-refractivity contribution in [3.8, 4) is 0 Å². The SMILES string of the molecule is CCNc1cc(NCc2ccsc2)nc(COC)n1. The smallest absolute Gasteiger partial charge is 0.158 e. The van der Waals surface area contributed by atoms with Crippen LogP contribution >= 0.6 is 11.3 Å². The lowest BCUT2D eigenvalue weighted by Gasteiger charge is -2.10. The molecular formula is C13H18N4OS. The number of nitrogens with one attached hydrogen (secondary N) is 2. The topological polar surface area (TPSA) is 59.1 Å². The minimum atomic E-state index is 0.409. The van der Waals surface area contributed by atoms with E-state index in [1.807, 2.05) is 13.0 Å². The predicted octanol–water partition coefficient (Wildman–Crippen LogP) is 2.73. The van der Waals surface area contributed by atoms with Crippen LogP contribution in [-0.4, -0.2) is 23.6 Å². The Labute approximate surface area is 117 Å². The van der Waals surface area contributed by atoms with E-state index in [0.717, 1.165) is 24.7 Å². The highest BCUT2D eigenvalue weighted by Crippen LogP contribution is 2.14. The van der Waals surface area contributed by atoms with Gasteiger partial charge in [0.2, 0.25) is 0 Å². The van der Waals surface area contributed by atoms with Gasteiger partial charge in [-0.15, -0.1) is 0 Å². The zero-order chi connectivity index (χ0) is 13.5. The normalized spacial score (nSPS) is 10.4. The molecule has 5 nitrogen and oxygen atoms in total. The van der Waals surface area contributed by atoms with Crippen LogP contribution in [0.2, 0.25) is 0 Å². The Kier molecular flexibility index (Phi) is 5.11. The Morgan fingerprint density at radius 3 is 2.68 bits per heavy atom. The molecule has 0 fully saturated rings. The standard InChI is InChI=1S/C13H18N4OS/c1-3-14-11-6-12(17-13(16-11)8-18-2)15-7-10-4-5-19-9-10/h4-6,9H,3,7-8H2,1-2H3,(H2,14,15,16,17). The van der Waals surface area contributed by atoms with E-state index < -0.39 is 0 Å². The Morgan fingerprint density at radius 1 is 1.26 bits per heavy atom. The molecule has 6 heteroatoms. The third-order valence-electron chi connectivity index (χ3n) is 2.46. The van der Waals surface area contributed by atoms with Crippen LogP contribution < -0.4 is 10.6 Å². The second-order valence-corrected chi connectivity index (χ2v) is 4.78. The first-order valence-electron chi connectivity index (χ1n) is 6.17. The first-order chi connectivity index (χ1) is 9.31. The summed E-state index contributed by atoms with van der Waals surface area (Å²) in [6.07, 6.45) is 0. The Morgan fingerprint density at radius 2 is 2.05 bits per heavy atom. The van der Waals surface area contributed by atoms with Gasteiger partial charge in [-0.25, -0.2) is 9.97 Å². The maximum Gasteiger partial charge on any atom is 0.158 e. The average molecular weight is 278 g/mol. The first-order valence-corrected chi connectivity index (χ1v) is 7.11. The monoisotopic (exact) mass is 278 g/mol. The molecule has 0 spiro atoms. The lowest BCUT2D eigenvalue weighted by atomic mass is 10.3. The molecule has 0 aromatic carbocycles. The minimum Gasteiger partial charge on any atom is -0.377 e. The molecule has 2 heterocycles. The maximum atomic E-state index is 5.09. The van der Waals surface area contributed by atoms with Gasteiger partial charge in [0.1, 0.15) is 18.2 Å². The van der Waals surface area contributed by atoms with Crippen molar-refractivity contribution in [1.82, 2.24) is 9.97 Å². The van der Waals surface area contributed by atoms with Gasteiger partial charge >= 0.3 is 0 Å². The molecule has 0 amide bonds. The molecule has 0 aliphatic carbocycles. The lowest BCUT2D eigenvalue weighted by molar-refractivity contribution is 0.178. The average Bonchev–Trinajstić information content (AvgIpc) is 2.90. The Balaban J connectivity index is 2.08. The van der Waals surface area contributed by atoms with Crippen molar-refractivity contribution in [2.75, 3.05) is 24.3 Å². The number of hydrogen-bond donors (Lipinski definition) is 2. The second kappa shape index (κ2) is 7.06. The first kappa shape index (κ1) is 13.8. The van der Waals surface area contributed by atoms with E-state index in [0.29, 0.717) is 12.4 Å². The van der Waals surface area contributed by atoms with Gasteiger partial charge < -0.3 is 15.4 Å². The van der Waals surface area contributed by atoms with E-state index in [4.69, 9.17) is 4.74 Å². The van der Waals surface area contributed by atoms with Crippen LogP contribution in [-0.2, 0) is 17.9 Å². The summed E-state index contributed by atoms with van der Waals surface area (Å²) in [7, 11) is 1.64. The summed E-state index contributed by atoms with van der Waals surface area (Å²) >= 11 is 1.69. The second-order valence-electron chi connectivity index (χ2n) is 4.00. The fourth-order valence-corrected chi connectivity index (χ4v) is 2.31. The third kappa shape index (κ3) is 4.18. The Bertz CT molecular complexity index is 477. The van der Waals surface area contributed by atoms with Crippen molar-refractivity contribution in [2.45, 2.75) is 20.1 Å². The van der Waals surface area contributed by atoms with Crippen LogP contribution in [0, 0.1) is 0 Å². The van der Waals surface area contributed by atoms with Gasteiger partial charge in [-0.05, 0) is 29.3 Å². The van der Waals surface area contributed by atoms with Crippen molar-refractivity contribution in [3.05, 3.63) is 34.3 Å². The zero-order valence-electron chi connectivity index (χ0n) is 11.1. The number of methoxy groups -OCH3 is 1. The third-order valence-corrected chi connectivity index (χ3v) is 3.19. The van der Waals surface area contributed by atoms with Crippen molar-refractivity contribution in [2.24, 2.45) is 0 Å². The van der Waals surface area contributed by atoms with E-state index in [9.17, 15) is 0 Å². The summed E-state index contributed by atoms with van der Waals surface area (Å²) in [5.74, 6) is 2.30. The summed E-state index contributed by atoms with van der Waals surface area (Å²) in [5, 5.41) is 10.7. The Hall–Kier alpha value is -1.66. The van der Waals surface area contributed by atoms with Gasteiger partial charge in [0.15, 0.2) is 5.82 Å². The highest BCUT2D eigenvalue weighted by Gasteiger charge is 2.04. The molecule has 0 saturated carbocycles. The molecule has 0 saturated heterocycles. The van der Waals surface area contributed by atoms with Crippen LogP contribution in [0.4, 0.5) is 11.6 Å². The number of hydrogen-bond acceptors (Lipinski definition) is 6. The molecule has 0 unspecified atom stereocenters. The molecule has 0 aliphatic rings. The molecule has 0 bridgehead atoms. The van der Waals surface area contributed by atoms with E-state index in [2.05, 4.69) is 37.4 Å². The van der Waals surface area contributed by atoms with Gasteiger partial charge in [0.05, 0.1) is 0 Å². The van der Waals surface area contributed by atoms with E-state index in [1.165, 1.54) is 5.56 Å². The highest BCUT2D eigenvalue weighted by atomic mass is 32.1. The summed E-state index contributed by atoms with van der Waals surface area (Å²) in [4.78, 5) is 8.79. The summed E-state index contributed by atoms with van der Waals surface area (Å²) in [6, 6.07) is 4.01. The van der Waals surface area contributed by atoms with Gasteiger partial charge in [-0.2, -0.15) is 11.3 Å². The minimum absolute atomic E-state index is 0.409. The van der Waals surface area contributed by atoms with E-state index >= 15 is 0 Å². The molecule has 0 radical (unpaired) electrons. The quantitative estimate of drug-likeness (QED) is 0.815. The molecule has 2 rings (SSSR count). The van der Waals surface area contributed by atoms with Crippen LogP contribution in [0.5, 0.6) is 0 Å². The zero-order valence-corrected chi connectivity index (χ0v) is 12.0. The molecule has 0 aliphatic heterocycles. The number of aromatic nitrogens is 2. The molecule has 102 valence electrons. The van der Waals surface area contributed by atoms with Gasteiger partial charge in [0.25, 0.3) is 0 Å². The van der Waals surface area contributed by atoms with Crippen LogP contribution in [0.1, 0.15) is 18.3 Å². The van der Waals surface area contributed by atoms with Crippen molar-refractivity contribution >= 4 is 23.0 Å². The number of nitrogens with zero attached hydrogens (tertiary/aromatic N) is 2. The molecule has 0 atom stereocenters. The van der Waals surface area contributed by atoms with Crippen LogP contribution in [0.3, 0.4) is 0 Å². The van der Waals surface area contributed by atoms with Gasteiger partial charge in [-0.3, -0.25) is 0 Å². The van der Waals surface area contributed by atoms with E-state index in [1.54, 1.807) is 18.4 Å². The largest absolute Gasteiger partial charge is 0.377 e. The molecule has 2 N–H and O–H groups in total. The van der Waals surface area contributed by atoms with Crippen molar-refractivity contribution in [3.63, 3.8) is 0 Å². The molecule has 2 aromatic heterocycles. The van der Waals surface area contributed by atoms with Gasteiger partial charge in [0, 0.05) is 26.3 Å². The van der Waals surface area contributed by atoms with Crippen molar-refractivity contribution < 1.29 is 4.74 Å². The molecule has 19 heavy (non-hydrogen) atoms. The lowest BCUT2D eigenvalue weighted by Crippen LogP contribution is -2.08. The highest BCUT2D eigenvalue weighted by molar-refractivity contribution is 7.07. The maximum absolute atomic E-state index is 5.09. The molecular weight excluding hydrogens is 260 g/mol. The predicted molar refractivity (Wildman–Crippen MR) is 78.6 cm³/mol. The van der Waals surface area contributed by atoms with E-state index in [-0.39, 0.29) is 0 Å². The number of thiophene rings is 1. The van der Waals surface area contributed by atoms with Crippen LogP contribution in [0.15, 0.2) is 22.9 Å². The van der Waals surface area contributed by atoms with Crippen molar-refractivity contribution in [1.29, 1.82) is 0 Å². The molecule has 2 aromatic rings. The fourth-order valence-electron chi connectivity index (χ4n) is 1.64. The summed E-state index contributed by atoms with van der Waals surface area (Å²) < 4.78 is 5.09.